The Morgan fingerprint density at radius 1 is 1.08 bits per heavy atom. The molecule has 0 radical (unpaired) electrons. The molecule has 0 aromatic heterocycles. The number of rotatable bonds is 8. The van der Waals surface area contributed by atoms with Gasteiger partial charge in [-0.3, -0.25) is 4.79 Å². The lowest BCUT2D eigenvalue weighted by Gasteiger charge is -2.55. The Labute approximate surface area is 157 Å². The van der Waals surface area contributed by atoms with Crippen molar-refractivity contribution in [3.05, 3.63) is 24.3 Å². The zero-order chi connectivity index (χ0) is 18.0. The Kier molecular flexibility index (Phi) is 5.24. The summed E-state index contributed by atoms with van der Waals surface area (Å²) in [4.78, 5) is 13.2. The highest BCUT2D eigenvalue weighted by atomic mass is 16.5. The maximum atomic E-state index is 13.2. The Morgan fingerprint density at radius 2 is 1.77 bits per heavy atom. The lowest BCUT2D eigenvalue weighted by molar-refractivity contribution is -0.140. The summed E-state index contributed by atoms with van der Waals surface area (Å²) in [5, 5.41) is 3.23. The Morgan fingerprint density at radius 3 is 2.42 bits per heavy atom. The number of nitrogens with one attached hydrogen (secondary N) is 1. The van der Waals surface area contributed by atoms with Gasteiger partial charge in [0.2, 0.25) is 5.91 Å². The van der Waals surface area contributed by atoms with Crippen LogP contribution in [0.15, 0.2) is 24.3 Å². The van der Waals surface area contributed by atoms with Crippen LogP contribution in [0.1, 0.15) is 71.1 Å². The average Bonchev–Trinajstić information content (AvgIpc) is 2.61. The first-order valence-electron chi connectivity index (χ1n) is 10.7. The van der Waals surface area contributed by atoms with E-state index >= 15 is 0 Å². The van der Waals surface area contributed by atoms with Gasteiger partial charge in [-0.25, -0.2) is 0 Å². The summed E-state index contributed by atoms with van der Waals surface area (Å²) in [5.41, 5.74) is 0.794. The predicted octanol–water partition coefficient (Wildman–Crippen LogP) is 5.80. The van der Waals surface area contributed by atoms with E-state index in [1.807, 2.05) is 24.3 Å². The molecule has 5 rings (SSSR count). The van der Waals surface area contributed by atoms with Crippen molar-refractivity contribution in [2.75, 3.05) is 11.9 Å². The van der Waals surface area contributed by atoms with Crippen LogP contribution in [0.3, 0.4) is 0 Å². The lowest BCUT2D eigenvalue weighted by atomic mass is 9.49. The third-order valence-corrected chi connectivity index (χ3v) is 6.88. The van der Waals surface area contributed by atoms with E-state index in [4.69, 9.17) is 4.74 Å². The number of carbonyl (C=O) groups is 1. The molecule has 0 saturated heterocycles. The third-order valence-electron chi connectivity index (χ3n) is 6.88. The maximum absolute atomic E-state index is 13.2. The molecular weight excluding hydrogens is 322 g/mol. The van der Waals surface area contributed by atoms with Gasteiger partial charge < -0.3 is 10.1 Å². The molecule has 4 bridgehead atoms. The zero-order valence-electron chi connectivity index (χ0n) is 16.1. The molecule has 1 N–H and O–H groups in total. The van der Waals surface area contributed by atoms with E-state index in [0.29, 0.717) is 0 Å². The third kappa shape index (κ3) is 3.77. The van der Waals surface area contributed by atoms with Crippen molar-refractivity contribution in [2.45, 2.75) is 71.1 Å². The molecule has 4 saturated carbocycles. The first-order chi connectivity index (χ1) is 12.7. The molecule has 4 aliphatic carbocycles. The van der Waals surface area contributed by atoms with Gasteiger partial charge in [-0.2, -0.15) is 0 Å². The van der Waals surface area contributed by atoms with Gasteiger partial charge in [-0.15, -0.1) is 0 Å². The average molecular weight is 356 g/mol. The molecule has 4 fully saturated rings. The van der Waals surface area contributed by atoms with Crippen LogP contribution in [0.25, 0.3) is 0 Å². The smallest absolute Gasteiger partial charge is 0.230 e. The number of hydrogen-bond donors (Lipinski definition) is 1. The second-order valence-corrected chi connectivity index (χ2v) is 9.09. The van der Waals surface area contributed by atoms with E-state index in [0.717, 1.165) is 61.5 Å². The molecule has 3 nitrogen and oxygen atoms in total. The van der Waals surface area contributed by atoms with Crippen molar-refractivity contribution in [3.8, 4) is 5.75 Å². The molecule has 1 amide bonds. The lowest BCUT2D eigenvalue weighted by Crippen LogP contribution is -2.51. The van der Waals surface area contributed by atoms with Crippen LogP contribution in [0.2, 0.25) is 0 Å². The molecule has 1 aromatic rings. The molecule has 0 unspecified atom stereocenters. The Hall–Kier alpha value is -1.51. The normalized spacial score (nSPS) is 31.8. The highest BCUT2D eigenvalue weighted by molar-refractivity contribution is 5.95. The minimum absolute atomic E-state index is 0.0915. The summed E-state index contributed by atoms with van der Waals surface area (Å²) in [6.45, 7) is 2.98. The van der Waals surface area contributed by atoms with Gasteiger partial charge >= 0.3 is 0 Å². The molecule has 0 aliphatic heterocycles. The van der Waals surface area contributed by atoms with Crippen LogP contribution < -0.4 is 10.1 Å². The van der Waals surface area contributed by atoms with Crippen LogP contribution in [0, 0.1) is 23.2 Å². The number of hydrogen-bond acceptors (Lipinski definition) is 2. The molecule has 26 heavy (non-hydrogen) atoms. The van der Waals surface area contributed by atoms with Gasteiger partial charge in [0.1, 0.15) is 5.75 Å². The first-order valence-corrected chi connectivity index (χ1v) is 10.7. The number of unbranched alkanes of at least 4 members (excludes halogenated alkanes) is 3. The molecule has 3 heteroatoms. The van der Waals surface area contributed by atoms with Crippen molar-refractivity contribution in [1.82, 2.24) is 0 Å². The fourth-order valence-electron chi connectivity index (χ4n) is 6.03. The fourth-order valence-corrected chi connectivity index (χ4v) is 6.03. The molecule has 0 atom stereocenters. The van der Waals surface area contributed by atoms with Crippen LogP contribution >= 0.6 is 0 Å². The van der Waals surface area contributed by atoms with Crippen LogP contribution in [-0.4, -0.2) is 12.5 Å². The van der Waals surface area contributed by atoms with Crippen LogP contribution in [-0.2, 0) is 4.79 Å². The van der Waals surface area contributed by atoms with E-state index in [1.54, 1.807) is 0 Å². The van der Waals surface area contributed by atoms with E-state index in [2.05, 4.69) is 12.2 Å². The molecular formula is C23H33NO2. The van der Waals surface area contributed by atoms with E-state index in [1.165, 1.54) is 38.5 Å². The summed E-state index contributed by atoms with van der Waals surface area (Å²) >= 11 is 0. The van der Waals surface area contributed by atoms with E-state index in [-0.39, 0.29) is 11.3 Å². The highest BCUT2D eigenvalue weighted by Crippen LogP contribution is 2.60. The van der Waals surface area contributed by atoms with Gasteiger partial charge in [-0.05, 0) is 74.8 Å². The van der Waals surface area contributed by atoms with Gasteiger partial charge in [0.05, 0.1) is 12.0 Å². The fraction of sp³-hybridized carbons (Fsp3) is 0.696. The second kappa shape index (κ2) is 7.62. The number of anilines is 1. The van der Waals surface area contributed by atoms with Gasteiger partial charge in [0.25, 0.3) is 0 Å². The first kappa shape index (κ1) is 17.9. The molecule has 0 spiro atoms. The number of benzene rings is 1. The number of amides is 1. The standard InChI is InChI=1S/C23H33NO2/c1-2-3-4-5-9-26-21-8-6-7-20(13-21)24-22(25)23-14-17-10-18(15-23)12-19(11-17)16-23/h6-8,13,17-19H,2-5,9-12,14-16H2,1H3,(H,24,25). The quantitative estimate of drug-likeness (QED) is 0.598. The van der Waals surface area contributed by atoms with Gasteiger partial charge in [0.15, 0.2) is 0 Å². The minimum Gasteiger partial charge on any atom is -0.494 e. The minimum atomic E-state index is -0.0915. The summed E-state index contributed by atoms with van der Waals surface area (Å²) < 4.78 is 5.87. The van der Waals surface area contributed by atoms with Crippen LogP contribution in [0.5, 0.6) is 5.75 Å². The van der Waals surface area contributed by atoms with Crippen molar-refractivity contribution < 1.29 is 9.53 Å². The van der Waals surface area contributed by atoms with E-state index in [9.17, 15) is 4.79 Å². The number of ether oxygens (including phenoxy) is 1. The van der Waals surface area contributed by atoms with Crippen molar-refractivity contribution in [3.63, 3.8) is 0 Å². The van der Waals surface area contributed by atoms with Crippen molar-refractivity contribution in [1.29, 1.82) is 0 Å². The van der Waals surface area contributed by atoms with Crippen molar-refractivity contribution >= 4 is 11.6 Å². The Bertz CT molecular complexity index is 604. The summed E-state index contributed by atoms with van der Waals surface area (Å²) in [5.74, 6) is 3.51. The Balaban J connectivity index is 1.35. The molecule has 1 aromatic carbocycles. The van der Waals surface area contributed by atoms with Crippen molar-refractivity contribution in [2.24, 2.45) is 23.2 Å². The highest BCUT2D eigenvalue weighted by Gasteiger charge is 2.54. The SMILES string of the molecule is CCCCCCOc1cccc(NC(=O)C23CC4CC(CC(C4)C2)C3)c1. The summed E-state index contributed by atoms with van der Waals surface area (Å²) in [7, 11) is 0. The number of carbonyl (C=O) groups excluding carboxylic acids is 1. The van der Waals surface area contributed by atoms with Gasteiger partial charge in [0, 0.05) is 11.8 Å². The maximum Gasteiger partial charge on any atom is 0.230 e. The molecule has 4 aliphatic rings. The monoisotopic (exact) mass is 355 g/mol. The van der Waals surface area contributed by atoms with Crippen LogP contribution in [0.4, 0.5) is 5.69 Å². The molecule has 0 heterocycles. The largest absolute Gasteiger partial charge is 0.494 e. The zero-order valence-corrected chi connectivity index (χ0v) is 16.1. The molecule has 142 valence electrons. The summed E-state index contributed by atoms with van der Waals surface area (Å²) in [6.07, 6.45) is 12.3. The second-order valence-electron chi connectivity index (χ2n) is 9.09. The van der Waals surface area contributed by atoms with E-state index < -0.39 is 0 Å². The predicted molar refractivity (Wildman–Crippen MR) is 105 cm³/mol. The summed E-state index contributed by atoms with van der Waals surface area (Å²) in [6, 6.07) is 7.94. The van der Waals surface area contributed by atoms with Gasteiger partial charge in [-0.1, -0.05) is 32.3 Å². The topological polar surface area (TPSA) is 38.3 Å².